The number of hydrogen-bond acceptors (Lipinski definition) is 2. The summed E-state index contributed by atoms with van der Waals surface area (Å²) >= 11 is 0. The Labute approximate surface area is 103 Å². The van der Waals surface area contributed by atoms with Crippen LogP contribution >= 0.6 is 0 Å². The maximum absolute atomic E-state index is 13.6. The van der Waals surface area contributed by atoms with Crippen molar-refractivity contribution in [3.8, 4) is 0 Å². The number of nitrogens with zero attached hydrogens (tertiary/aromatic N) is 1. The molecule has 0 radical (unpaired) electrons. The summed E-state index contributed by atoms with van der Waals surface area (Å²) in [5.74, 6) is -0.444. The molecule has 16 heavy (non-hydrogen) atoms. The molecule has 2 rings (SSSR count). The molecule has 0 fully saturated rings. The van der Waals surface area contributed by atoms with E-state index in [0.717, 1.165) is 0 Å². The molecule has 0 spiro atoms. The van der Waals surface area contributed by atoms with Crippen LogP contribution in [0.2, 0.25) is 0 Å². The standard InChI is InChI=1S/C11H12FN2O.Fe/c1-6(2)14-10(15)4-7-3-8(13)5-9(12)11(7)14;/h3-6H,13H2,1-2H3;/q-1;. The topological polar surface area (TPSA) is 48.0 Å². The van der Waals surface area contributed by atoms with Gasteiger partial charge in [-0.15, -0.1) is 6.07 Å². The maximum Gasteiger partial charge on any atom is 0.185 e. The number of halogens is 1. The van der Waals surface area contributed by atoms with Crippen molar-refractivity contribution in [1.29, 1.82) is 0 Å². The van der Waals surface area contributed by atoms with Crippen LogP contribution in [-0.4, -0.2) is 4.57 Å². The minimum absolute atomic E-state index is 0. The summed E-state index contributed by atoms with van der Waals surface area (Å²) in [6, 6.07) is 4.20. The average molecular weight is 263 g/mol. The molecule has 0 atom stereocenters. The maximum atomic E-state index is 13.6. The zero-order valence-corrected chi connectivity index (χ0v) is 10.1. The molecule has 5 heteroatoms. The number of aromatic nitrogens is 1. The fourth-order valence-corrected chi connectivity index (χ4v) is 1.83. The van der Waals surface area contributed by atoms with Gasteiger partial charge in [0.25, 0.3) is 0 Å². The second-order valence-corrected chi connectivity index (χ2v) is 3.89. The van der Waals surface area contributed by atoms with Gasteiger partial charge in [0.1, 0.15) is 0 Å². The second kappa shape index (κ2) is 4.36. The quantitative estimate of drug-likeness (QED) is 0.486. The summed E-state index contributed by atoms with van der Waals surface area (Å²) in [5.41, 5.74) is 5.99. The largest absolute Gasteiger partial charge is 0.409 e. The van der Waals surface area contributed by atoms with Gasteiger partial charge in [0.2, 0.25) is 0 Å². The molecule has 0 bridgehead atoms. The van der Waals surface area contributed by atoms with E-state index in [1.165, 1.54) is 16.7 Å². The number of nitrogens with two attached hydrogens (primary N) is 1. The molecule has 0 aliphatic rings. The van der Waals surface area contributed by atoms with E-state index in [9.17, 15) is 9.18 Å². The van der Waals surface area contributed by atoms with Gasteiger partial charge in [0.15, 0.2) is 5.56 Å². The van der Waals surface area contributed by atoms with E-state index in [4.69, 9.17) is 5.73 Å². The summed E-state index contributed by atoms with van der Waals surface area (Å²) in [7, 11) is 0. The smallest absolute Gasteiger partial charge is 0.185 e. The summed E-state index contributed by atoms with van der Waals surface area (Å²) < 4.78 is 15.1. The Hall–Kier alpha value is -1.19. The van der Waals surface area contributed by atoms with Gasteiger partial charge in [-0.25, -0.2) is 4.39 Å². The first-order valence-corrected chi connectivity index (χ1v) is 4.77. The fraction of sp³-hybridized carbons (Fsp3) is 0.273. The van der Waals surface area contributed by atoms with Gasteiger partial charge in [0.05, 0.1) is 5.82 Å². The molecule has 1 aromatic heterocycles. The van der Waals surface area contributed by atoms with Crippen LogP contribution in [-0.2, 0) is 17.1 Å². The zero-order chi connectivity index (χ0) is 11.2. The fourth-order valence-electron chi connectivity index (χ4n) is 1.83. The third kappa shape index (κ3) is 1.88. The summed E-state index contributed by atoms with van der Waals surface area (Å²) in [5, 5.41) is 0.561. The van der Waals surface area contributed by atoms with Crippen LogP contribution in [0.3, 0.4) is 0 Å². The molecule has 2 aromatic rings. The van der Waals surface area contributed by atoms with Crippen LogP contribution in [0.15, 0.2) is 23.0 Å². The predicted molar refractivity (Wildman–Crippen MR) is 58.6 cm³/mol. The molecule has 88 valence electrons. The SMILES string of the molecule is CC(C)n1c(=O)[cH-]c2cc(N)cc(F)c21.[Fe]. The first-order valence-electron chi connectivity index (χ1n) is 4.77. The third-order valence-corrected chi connectivity index (χ3v) is 2.39. The number of anilines is 1. The van der Waals surface area contributed by atoms with E-state index in [2.05, 4.69) is 0 Å². The number of benzene rings is 1. The molecule has 0 amide bonds. The van der Waals surface area contributed by atoms with E-state index in [1.807, 2.05) is 13.8 Å². The molecule has 0 saturated carbocycles. The van der Waals surface area contributed by atoms with Crippen LogP contribution in [0.1, 0.15) is 19.9 Å². The van der Waals surface area contributed by atoms with Gasteiger partial charge in [-0.3, -0.25) is 4.79 Å². The molecule has 0 unspecified atom stereocenters. The Morgan fingerprint density at radius 1 is 1.44 bits per heavy atom. The summed E-state index contributed by atoms with van der Waals surface area (Å²) in [6.07, 6.45) is 0. The van der Waals surface area contributed by atoms with E-state index in [-0.39, 0.29) is 28.7 Å². The molecular weight excluding hydrogens is 251 g/mol. The molecule has 1 heterocycles. The third-order valence-electron chi connectivity index (χ3n) is 2.39. The molecule has 0 aliphatic carbocycles. The van der Waals surface area contributed by atoms with Crippen molar-refractivity contribution >= 4 is 16.6 Å². The minimum Gasteiger partial charge on any atom is -0.409 e. The van der Waals surface area contributed by atoms with Gasteiger partial charge in [-0.2, -0.15) is 5.39 Å². The molecular formula is C11H12FFeN2O-. The Balaban J connectivity index is 0.00000128. The summed E-state index contributed by atoms with van der Waals surface area (Å²) in [4.78, 5) is 11.6. The van der Waals surface area contributed by atoms with Crippen molar-refractivity contribution in [2.75, 3.05) is 5.73 Å². The van der Waals surface area contributed by atoms with Crippen LogP contribution < -0.4 is 11.3 Å². The normalized spacial score (nSPS) is 10.8. The van der Waals surface area contributed by atoms with E-state index >= 15 is 0 Å². The Kier molecular flexibility index (Phi) is 3.51. The van der Waals surface area contributed by atoms with Crippen molar-refractivity contribution < 1.29 is 21.5 Å². The monoisotopic (exact) mass is 263 g/mol. The first kappa shape index (κ1) is 12.9. The van der Waals surface area contributed by atoms with Gasteiger partial charge >= 0.3 is 0 Å². The van der Waals surface area contributed by atoms with Gasteiger partial charge in [-0.1, -0.05) is 6.07 Å². The van der Waals surface area contributed by atoms with Gasteiger partial charge < -0.3 is 10.3 Å². The number of nitrogen functional groups attached to an aromatic ring is 1. The van der Waals surface area contributed by atoms with E-state index < -0.39 is 5.82 Å². The second-order valence-electron chi connectivity index (χ2n) is 3.89. The first-order chi connectivity index (χ1) is 7.00. The van der Waals surface area contributed by atoms with Crippen molar-refractivity contribution in [3.05, 3.63) is 34.4 Å². The predicted octanol–water partition coefficient (Wildman–Crippen LogP) is 2.02. The minimum atomic E-state index is -0.444. The van der Waals surface area contributed by atoms with E-state index in [1.54, 1.807) is 6.07 Å². The Morgan fingerprint density at radius 3 is 2.62 bits per heavy atom. The molecule has 2 N–H and O–H groups in total. The van der Waals surface area contributed by atoms with Crippen molar-refractivity contribution in [1.82, 2.24) is 4.57 Å². The number of hydrogen-bond donors (Lipinski definition) is 1. The molecule has 0 aliphatic heterocycles. The Morgan fingerprint density at radius 2 is 2.06 bits per heavy atom. The Bertz CT molecular complexity index is 571. The van der Waals surface area contributed by atoms with E-state index in [0.29, 0.717) is 16.6 Å². The van der Waals surface area contributed by atoms with Gasteiger partial charge in [0, 0.05) is 23.1 Å². The average Bonchev–Trinajstić information content (AvgIpc) is 2.40. The molecule has 3 nitrogen and oxygen atoms in total. The van der Waals surface area contributed by atoms with Gasteiger partial charge in [-0.05, 0) is 31.1 Å². The summed E-state index contributed by atoms with van der Waals surface area (Å²) in [6.45, 7) is 3.69. The van der Waals surface area contributed by atoms with Crippen LogP contribution in [0.4, 0.5) is 10.1 Å². The molecule has 1 aromatic carbocycles. The molecule has 0 saturated heterocycles. The van der Waals surface area contributed by atoms with Crippen LogP contribution in [0.25, 0.3) is 10.9 Å². The zero-order valence-electron chi connectivity index (χ0n) is 8.97. The number of fused-ring (bicyclic) bond motifs is 1. The van der Waals surface area contributed by atoms with Crippen LogP contribution in [0, 0.1) is 5.82 Å². The van der Waals surface area contributed by atoms with Crippen molar-refractivity contribution in [2.45, 2.75) is 19.9 Å². The van der Waals surface area contributed by atoms with Crippen LogP contribution in [0.5, 0.6) is 0 Å². The van der Waals surface area contributed by atoms with Crippen molar-refractivity contribution in [2.24, 2.45) is 0 Å². The number of rotatable bonds is 1. The van der Waals surface area contributed by atoms with Crippen molar-refractivity contribution in [3.63, 3.8) is 0 Å².